The molecular formula is C23H24FN5O3S. The Kier molecular flexibility index (Phi) is 5.09. The molecule has 3 aromatic rings. The number of piperidine rings is 1. The first-order valence-corrected chi connectivity index (χ1v) is 12.3. The molecule has 0 saturated carbocycles. The fourth-order valence-electron chi connectivity index (χ4n) is 4.77. The first kappa shape index (κ1) is 21.7. The highest BCUT2D eigenvalue weighted by molar-refractivity contribution is 7.89. The van der Waals surface area contributed by atoms with Gasteiger partial charge in [0.1, 0.15) is 16.5 Å². The Bertz CT molecular complexity index is 1370. The number of carbonyl (C=O) groups is 1. The molecule has 3 heterocycles. The molecule has 0 bridgehead atoms. The summed E-state index contributed by atoms with van der Waals surface area (Å²) in [5, 5.41) is 8.56. The molecule has 1 aliphatic carbocycles. The van der Waals surface area contributed by atoms with E-state index < -0.39 is 15.4 Å². The molecule has 10 heteroatoms. The van der Waals surface area contributed by atoms with E-state index in [9.17, 15) is 17.6 Å². The summed E-state index contributed by atoms with van der Waals surface area (Å²) in [4.78, 5) is 13.1. The summed E-state index contributed by atoms with van der Waals surface area (Å²) >= 11 is 0. The Morgan fingerprint density at radius 2 is 1.94 bits per heavy atom. The Labute approximate surface area is 191 Å². The highest BCUT2D eigenvalue weighted by atomic mass is 32.2. The zero-order valence-corrected chi connectivity index (χ0v) is 19.2. The third kappa shape index (κ3) is 3.44. The smallest absolute Gasteiger partial charge is 0.246 e. The molecule has 1 fully saturated rings. The quantitative estimate of drug-likeness (QED) is 0.573. The lowest BCUT2D eigenvalue weighted by Crippen LogP contribution is -2.52. The predicted octanol–water partition coefficient (Wildman–Crippen LogP) is 2.84. The second kappa shape index (κ2) is 7.74. The van der Waals surface area contributed by atoms with Gasteiger partial charge in [-0.3, -0.25) is 9.48 Å². The fraction of sp³-hybridized carbons (Fsp3) is 0.348. The third-order valence-electron chi connectivity index (χ3n) is 6.70. The number of ketones is 1. The first-order chi connectivity index (χ1) is 15.7. The normalized spacial score (nSPS) is 20.8. The number of hydrogen-bond acceptors (Lipinski definition) is 5. The number of carbonyl (C=O) groups excluding carboxylic acids is 1. The topological polar surface area (TPSA) is 90.1 Å². The maximum absolute atomic E-state index is 13.4. The van der Waals surface area contributed by atoms with Crippen molar-refractivity contribution in [3.05, 3.63) is 65.5 Å². The van der Waals surface area contributed by atoms with E-state index in [0.717, 1.165) is 22.5 Å². The van der Waals surface area contributed by atoms with Gasteiger partial charge in [-0.25, -0.2) is 17.5 Å². The van der Waals surface area contributed by atoms with E-state index in [4.69, 9.17) is 0 Å². The van der Waals surface area contributed by atoms with Crippen LogP contribution in [0.25, 0.3) is 11.8 Å². The van der Waals surface area contributed by atoms with Gasteiger partial charge in [0.05, 0.1) is 29.2 Å². The zero-order valence-electron chi connectivity index (χ0n) is 18.4. The lowest BCUT2D eigenvalue weighted by Gasteiger charge is -2.44. The van der Waals surface area contributed by atoms with Crippen LogP contribution in [-0.2, 0) is 27.8 Å². The van der Waals surface area contributed by atoms with E-state index in [0.29, 0.717) is 19.4 Å². The molecule has 0 radical (unpaired) electrons. The molecule has 2 aromatic heterocycles. The van der Waals surface area contributed by atoms with Crippen molar-refractivity contribution in [1.29, 1.82) is 0 Å². The number of hydrogen-bond donors (Lipinski definition) is 0. The van der Waals surface area contributed by atoms with Gasteiger partial charge in [-0.2, -0.15) is 14.5 Å². The molecule has 0 N–H and O–H groups in total. The van der Waals surface area contributed by atoms with E-state index in [2.05, 4.69) is 10.2 Å². The molecular weight excluding hydrogens is 445 g/mol. The summed E-state index contributed by atoms with van der Waals surface area (Å²) in [6.45, 7) is 4.34. The van der Waals surface area contributed by atoms with Gasteiger partial charge >= 0.3 is 0 Å². The lowest BCUT2D eigenvalue weighted by atomic mass is 9.66. The van der Waals surface area contributed by atoms with E-state index in [1.54, 1.807) is 27.7 Å². The van der Waals surface area contributed by atoms with E-state index in [1.807, 2.05) is 13.0 Å². The van der Waals surface area contributed by atoms with Gasteiger partial charge in [-0.05, 0) is 62.6 Å². The summed E-state index contributed by atoms with van der Waals surface area (Å²) in [5.41, 5.74) is 2.39. The van der Waals surface area contributed by atoms with Crippen LogP contribution < -0.4 is 0 Å². The van der Waals surface area contributed by atoms with Gasteiger partial charge in [0.2, 0.25) is 10.0 Å². The van der Waals surface area contributed by atoms with Crippen LogP contribution in [0, 0.1) is 11.2 Å². The summed E-state index contributed by atoms with van der Waals surface area (Å²) in [5.74, 6) is -0.398. The SMILES string of the molecule is CCn1cc(S(=O)(=O)N2CCC3=Cc4c(cnn4-c4ccc(F)cc4)C[C@]3(C(C)=O)C2)cn1. The van der Waals surface area contributed by atoms with Crippen LogP contribution in [-0.4, -0.2) is 51.2 Å². The highest BCUT2D eigenvalue weighted by Gasteiger charge is 2.49. The van der Waals surface area contributed by atoms with Gasteiger partial charge in [-0.1, -0.05) is 5.57 Å². The van der Waals surface area contributed by atoms with Crippen LogP contribution in [0.2, 0.25) is 0 Å². The minimum atomic E-state index is -3.78. The monoisotopic (exact) mass is 469 g/mol. The Morgan fingerprint density at radius 1 is 1.18 bits per heavy atom. The number of aryl methyl sites for hydroxylation is 1. The van der Waals surface area contributed by atoms with Crippen LogP contribution in [0.15, 0.2) is 53.3 Å². The standard InChI is InChI=1S/C23H24FN5O3S/c1-3-27-14-21(13-25-27)33(31,32)28-9-8-18-10-22-17(11-23(18,15-28)16(2)30)12-26-29(22)20-6-4-19(24)5-7-20/h4-7,10,12-14H,3,8-9,11,15H2,1-2H3/t23-/m1/s1. The second-order valence-electron chi connectivity index (χ2n) is 8.55. The van der Waals surface area contributed by atoms with E-state index >= 15 is 0 Å². The molecule has 1 aromatic carbocycles. The van der Waals surface area contributed by atoms with Gasteiger partial charge in [0.25, 0.3) is 0 Å². The van der Waals surface area contributed by atoms with Crippen LogP contribution in [0.4, 0.5) is 4.39 Å². The molecule has 1 atom stereocenters. The first-order valence-electron chi connectivity index (χ1n) is 10.8. The van der Waals surface area contributed by atoms with Crippen molar-refractivity contribution in [2.75, 3.05) is 13.1 Å². The summed E-state index contributed by atoms with van der Waals surface area (Å²) in [6, 6.07) is 6.06. The number of benzene rings is 1. The minimum absolute atomic E-state index is 0.0712. The van der Waals surface area contributed by atoms with Crippen molar-refractivity contribution in [3.8, 4) is 5.69 Å². The maximum Gasteiger partial charge on any atom is 0.246 e. The van der Waals surface area contributed by atoms with Crippen LogP contribution in [0.3, 0.4) is 0 Å². The number of nitrogens with zero attached hydrogens (tertiary/aromatic N) is 5. The zero-order chi connectivity index (χ0) is 23.4. The van der Waals surface area contributed by atoms with Crippen LogP contribution in [0.5, 0.6) is 0 Å². The molecule has 1 aliphatic heterocycles. The average molecular weight is 470 g/mol. The number of aromatic nitrogens is 4. The minimum Gasteiger partial charge on any atom is -0.299 e. The van der Waals surface area contributed by atoms with Gasteiger partial charge < -0.3 is 0 Å². The Balaban J connectivity index is 1.52. The van der Waals surface area contributed by atoms with Crippen molar-refractivity contribution in [3.63, 3.8) is 0 Å². The Morgan fingerprint density at radius 3 is 2.61 bits per heavy atom. The number of halogens is 1. The van der Waals surface area contributed by atoms with Gasteiger partial charge in [0.15, 0.2) is 0 Å². The van der Waals surface area contributed by atoms with Crippen molar-refractivity contribution in [1.82, 2.24) is 23.9 Å². The second-order valence-corrected chi connectivity index (χ2v) is 10.5. The fourth-order valence-corrected chi connectivity index (χ4v) is 6.23. The molecule has 172 valence electrons. The maximum atomic E-state index is 13.4. The molecule has 2 aliphatic rings. The third-order valence-corrected chi connectivity index (χ3v) is 8.50. The molecule has 33 heavy (non-hydrogen) atoms. The van der Waals surface area contributed by atoms with Crippen molar-refractivity contribution in [2.45, 2.75) is 38.1 Å². The molecule has 0 unspecified atom stereocenters. The van der Waals surface area contributed by atoms with Crippen molar-refractivity contribution >= 4 is 21.9 Å². The van der Waals surface area contributed by atoms with Gasteiger partial charge in [-0.15, -0.1) is 0 Å². The van der Waals surface area contributed by atoms with E-state index in [-0.39, 0.29) is 29.6 Å². The Hall–Kier alpha value is -3.11. The van der Waals surface area contributed by atoms with Crippen molar-refractivity contribution in [2.24, 2.45) is 5.41 Å². The summed E-state index contributed by atoms with van der Waals surface area (Å²) in [6.07, 6.45) is 7.34. The molecule has 5 rings (SSSR count). The van der Waals surface area contributed by atoms with Crippen molar-refractivity contribution < 1.29 is 17.6 Å². The number of sulfonamides is 1. The molecule has 0 spiro atoms. The lowest BCUT2D eigenvalue weighted by molar-refractivity contribution is -0.125. The highest BCUT2D eigenvalue weighted by Crippen LogP contribution is 2.45. The van der Waals surface area contributed by atoms with E-state index in [1.165, 1.54) is 35.8 Å². The van der Waals surface area contributed by atoms with Crippen LogP contribution in [0.1, 0.15) is 31.5 Å². The molecule has 1 saturated heterocycles. The molecule has 0 amide bonds. The largest absolute Gasteiger partial charge is 0.299 e. The number of fused-ring (bicyclic) bond motifs is 2. The molecule has 8 nitrogen and oxygen atoms in total. The van der Waals surface area contributed by atoms with Gasteiger partial charge in [0, 0.05) is 25.8 Å². The summed E-state index contributed by atoms with van der Waals surface area (Å²) < 4.78 is 44.7. The predicted molar refractivity (Wildman–Crippen MR) is 120 cm³/mol. The average Bonchev–Trinajstić information content (AvgIpc) is 3.45. The summed E-state index contributed by atoms with van der Waals surface area (Å²) in [7, 11) is -3.78. The van der Waals surface area contributed by atoms with Crippen LogP contribution >= 0.6 is 0 Å². The number of rotatable bonds is 5. The number of Topliss-reactive ketones (excluding diaryl/α,β-unsaturated/α-hetero) is 1.